The van der Waals surface area contributed by atoms with Gasteiger partial charge < -0.3 is 4.74 Å². The first-order valence-electron chi connectivity index (χ1n) is 4.87. The maximum atomic E-state index is 11.2. The Morgan fingerprint density at radius 2 is 2.35 bits per heavy atom. The minimum absolute atomic E-state index is 0.0363. The van der Waals surface area contributed by atoms with E-state index >= 15 is 0 Å². The Morgan fingerprint density at radius 1 is 1.59 bits per heavy atom. The van der Waals surface area contributed by atoms with Crippen molar-refractivity contribution in [3.63, 3.8) is 0 Å². The van der Waals surface area contributed by atoms with Gasteiger partial charge in [-0.2, -0.15) is 0 Å². The van der Waals surface area contributed by atoms with Crippen LogP contribution in [0.15, 0.2) is 23.3 Å². The first-order chi connectivity index (χ1) is 8.19. The summed E-state index contributed by atoms with van der Waals surface area (Å²) in [6.45, 7) is 1.57. The van der Waals surface area contributed by atoms with Gasteiger partial charge in [0.1, 0.15) is 5.75 Å². The number of nitrogens with zero attached hydrogens (tertiary/aromatic N) is 3. The summed E-state index contributed by atoms with van der Waals surface area (Å²) in [4.78, 5) is 13.8. The Labute approximate surface area is 99.0 Å². The SMILES string of the molecule is COc1ccc(C(C)=O)cc1C#CCN=[N+]=[N-]. The van der Waals surface area contributed by atoms with Crippen LogP contribution in [-0.4, -0.2) is 19.4 Å². The van der Waals surface area contributed by atoms with Crippen molar-refractivity contribution in [2.75, 3.05) is 13.7 Å². The second-order valence-electron chi connectivity index (χ2n) is 3.16. The van der Waals surface area contributed by atoms with Gasteiger partial charge in [-0.25, -0.2) is 0 Å². The molecule has 0 N–H and O–H groups in total. The maximum absolute atomic E-state index is 11.2. The van der Waals surface area contributed by atoms with E-state index in [-0.39, 0.29) is 12.3 Å². The van der Waals surface area contributed by atoms with Crippen molar-refractivity contribution >= 4 is 5.78 Å². The molecule has 86 valence electrons. The van der Waals surface area contributed by atoms with Gasteiger partial charge in [0.25, 0.3) is 0 Å². The Morgan fingerprint density at radius 3 is 2.94 bits per heavy atom. The fraction of sp³-hybridized carbons (Fsp3) is 0.250. The molecular weight excluding hydrogens is 218 g/mol. The summed E-state index contributed by atoms with van der Waals surface area (Å²) < 4.78 is 5.12. The number of azide groups is 1. The minimum atomic E-state index is -0.0363. The van der Waals surface area contributed by atoms with Crippen LogP contribution in [0.25, 0.3) is 10.4 Å². The molecule has 0 radical (unpaired) electrons. The summed E-state index contributed by atoms with van der Waals surface area (Å²) in [7, 11) is 1.53. The summed E-state index contributed by atoms with van der Waals surface area (Å²) >= 11 is 0. The van der Waals surface area contributed by atoms with Crippen LogP contribution in [0.1, 0.15) is 22.8 Å². The summed E-state index contributed by atoms with van der Waals surface area (Å²) in [6.07, 6.45) is 0. The Balaban J connectivity index is 3.08. The molecule has 5 heteroatoms. The molecule has 0 spiro atoms. The molecular formula is C12H11N3O2. The van der Waals surface area contributed by atoms with Crippen molar-refractivity contribution in [1.82, 2.24) is 0 Å². The molecule has 0 fully saturated rings. The third kappa shape index (κ3) is 3.56. The molecule has 0 aliphatic rings. The highest BCUT2D eigenvalue weighted by atomic mass is 16.5. The monoisotopic (exact) mass is 229 g/mol. The van der Waals surface area contributed by atoms with Crippen molar-refractivity contribution in [1.29, 1.82) is 0 Å². The second kappa shape index (κ2) is 6.21. The highest BCUT2D eigenvalue weighted by Crippen LogP contribution is 2.19. The van der Waals surface area contributed by atoms with Crippen LogP contribution in [0.3, 0.4) is 0 Å². The maximum Gasteiger partial charge on any atom is 0.159 e. The van der Waals surface area contributed by atoms with Gasteiger partial charge in [-0.1, -0.05) is 17.0 Å². The first-order valence-corrected chi connectivity index (χ1v) is 4.87. The highest BCUT2D eigenvalue weighted by Gasteiger charge is 2.04. The number of rotatable bonds is 3. The minimum Gasteiger partial charge on any atom is -0.495 e. The topological polar surface area (TPSA) is 75.1 Å². The molecule has 0 atom stereocenters. The van der Waals surface area contributed by atoms with E-state index in [1.54, 1.807) is 18.2 Å². The first kappa shape index (κ1) is 12.6. The molecule has 0 saturated heterocycles. The van der Waals surface area contributed by atoms with E-state index in [2.05, 4.69) is 21.9 Å². The Hall–Kier alpha value is -2.44. The van der Waals surface area contributed by atoms with Crippen LogP contribution < -0.4 is 4.74 Å². The number of Topliss-reactive ketones (excluding diaryl/α,β-unsaturated/α-hetero) is 1. The number of methoxy groups -OCH3 is 1. The van der Waals surface area contributed by atoms with Gasteiger partial charge in [0.15, 0.2) is 5.78 Å². The molecule has 1 rings (SSSR count). The number of ketones is 1. The van der Waals surface area contributed by atoms with Crippen molar-refractivity contribution in [3.05, 3.63) is 39.8 Å². The zero-order valence-electron chi connectivity index (χ0n) is 9.60. The third-order valence-corrected chi connectivity index (χ3v) is 2.04. The van der Waals surface area contributed by atoms with E-state index in [9.17, 15) is 4.79 Å². The standard InChI is InChI=1S/C12H11N3O2/c1-9(16)10-5-6-12(17-2)11(8-10)4-3-7-14-15-13/h5-6,8H,7H2,1-2H3. The van der Waals surface area contributed by atoms with Gasteiger partial charge >= 0.3 is 0 Å². The highest BCUT2D eigenvalue weighted by molar-refractivity contribution is 5.94. The molecule has 0 aliphatic heterocycles. The van der Waals surface area contributed by atoms with Gasteiger partial charge in [-0.3, -0.25) is 4.79 Å². The fourth-order valence-electron chi connectivity index (χ4n) is 1.23. The predicted molar refractivity (Wildman–Crippen MR) is 63.9 cm³/mol. The molecule has 5 nitrogen and oxygen atoms in total. The number of carbonyl (C=O) groups is 1. The molecule has 0 aliphatic carbocycles. The summed E-state index contributed by atoms with van der Waals surface area (Å²) in [6, 6.07) is 5.03. The zero-order chi connectivity index (χ0) is 12.7. The molecule has 0 heterocycles. The van der Waals surface area contributed by atoms with Crippen molar-refractivity contribution < 1.29 is 9.53 Å². The van der Waals surface area contributed by atoms with Crippen LogP contribution in [0, 0.1) is 11.8 Å². The van der Waals surface area contributed by atoms with Gasteiger partial charge in [-0.15, -0.1) is 0 Å². The van der Waals surface area contributed by atoms with Gasteiger partial charge in [0.05, 0.1) is 19.2 Å². The van der Waals surface area contributed by atoms with Gasteiger partial charge in [-0.05, 0) is 30.7 Å². The normalized spacial score (nSPS) is 8.59. The van der Waals surface area contributed by atoms with E-state index in [4.69, 9.17) is 10.3 Å². The van der Waals surface area contributed by atoms with Crippen LogP contribution in [0.4, 0.5) is 0 Å². The molecule has 1 aromatic rings. The van der Waals surface area contributed by atoms with Gasteiger partial charge in [0, 0.05) is 10.5 Å². The zero-order valence-corrected chi connectivity index (χ0v) is 9.60. The van der Waals surface area contributed by atoms with Crippen LogP contribution in [-0.2, 0) is 0 Å². The molecule has 17 heavy (non-hydrogen) atoms. The lowest BCUT2D eigenvalue weighted by Crippen LogP contribution is -1.95. The average molecular weight is 229 g/mol. The van der Waals surface area contributed by atoms with E-state index < -0.39 is 0 Å². The summed E-state index contributed by atoms with van der Waals surface area (Å²) in [5, 5.41) is 3.30. The number of ether oxygens (including phenoxy) is 1. The van der Waals surface area contributed by atoms with E-state index in [0.717, 1.165) is 0 Å². The summed E-state index contributed by atoms with van der Waals surface area (Å²) in [5.41, 5.74) is 9.28. The number of hydrogen-bond donors (Lipinski definition) is 0. The molecule has 0 amide bonds. The third-order valence-electron chi connectivity index (χ3n) is 2.04. The van der Waals surface area contributed by atoms with Crippen LogP contribution >= 0.6 is 0 Å². The van der Waals surface area contributed by atoms with Crippen LogP contribution in [0.2, 0.25) is 0 Å². The molecule has 0 unspecified atom stereocenters. The lowest BCUT2D eigenvalue weighted by Gasteiger charge is -2.04. The van der Waals surface area contributed by atoms with Crippen molar-refractivity contribution in [2.45, 2.75) is 6.92 Å². The number of hydrogen-bond acceptors (Lipinski definition) is 3. The fourth-order valence-corrected chi connectivity index (χ4v) is 1.23. The van der Waals surface area contributed by atoms with Crippen LogP contribution in [0.5, 0.6) is 5.75 Å². The number of carbonyl (C=O) groups excluding carboxylic acids is 1. The molecule has 0 saturated carbocycles. The lowest BCUT2D eigenvalue weighted by molar-refractivity contribution is 0.101. The van der Waals surface area contributed by atoms with E-state index in [1.807, 2.05) is 0 Å². The van der Waals surface area contributed by atoms with Crippen molar-refractivity contribution in [3.8, 4) is 17.6 Å². The second-order valence-corrected chi connectivity index (χ2v) is 3.16. The largest absolute Gasteiger partial charge is 0.495 e. The molecule has 0 aromatic heterocycles. The van der Waals surface area contributed by atoms with E-state index in [1.165, 1.54) is 14.0 Å². The quantitative estimate of drug-likeness (QED) is 0.262. The molecule has 1 aromatic carbocycles. The van der Waals surface area contributed by atoms with Gasteiger partial charge in [0.2, 0.25) is 0 Å². The van der Waals surface area contributed by atoms with E-state index in [0.29, 0.717) is 16.9 Å². The smallest absolute Gasteiger partial charge is 0.159 e. The molecule has 0 bridgehead atoms. The number of benzene rings is 1. The lowest BCUT2D eigenvalue weighted by atomic mass is 10.1. The predicted octanol–water partition coefficient (Wildman–Crippen LogP) is 2.56. The Bertz CT molecular complexity index is 534. The van der Waals surface area contributed by atoms with Crippen molar-refractivity contribution in [2.24, 2.45) is 5.11 Å². The average Bonchev–Trinajstić information content (AvgIpc) is 2.34. The Kier molecular flexibility index (Phi) is 4.61. The summed E-state index contributed by atoms with van der Waals surface area (Å²) in [5.74, 6) is 6.03.